The minimum atomic E-state index is -2.36. The molecule has 0 aliphatic carbocycles. The third-order valence-corrected chi connectivity index (χ3v) is 3.32. The van der Waals surface area contributed by atoms with Crippen LogP contribution in [0.3, 0.4) is 0 Å². The minimum Gasteiger partial charge on any atom is -0.465 e. The molecular formula is C16H10F5NO4. The number of halogens is 5. The van der Waals surface area contributed by atoms with E-state index in [9.17, 15) is 31.5 Å². The van der Waals surface area contributed by atoms with Crippen molar-refractivity contribution < 1.29 is 41.0 Å². The molecule has 0 amide bonds. The lowest BCUT2D eigenvalue weighted by Crippen LogP contribution is -2.29. The van der Waals surface area contributed by atoms with Crippen molar-refractivity contribution in [3.63, 3.8) is 0 Å². The zero-order valence-corrected chi connectivity index (χ0v) is 13.3. The van der Waals surface area contributed by atoms with Crippen molar-refractivity contribution in [3.05, 3.63) is 64.8 Å². The molecule has 0 bridgehead atoms. The highest BCUT2D eigenvalue weighted by molar-refractivity contribution is 6.05. The van der Waals surface area contributed by atoms with Crippen molar-refractivity contribution in [1.29, 1.82) is 0 Å². The number of carbonyl (C=O) groups excluding carboxylic acids is 2. The average Bonchev–Trinajstić information content (AvgIpc) is 2.86. The number of methoxy groups -OCH3 is 2. The van der Waals surface area contributed by atoms with Gasteiger partial charge in [0.25, 0.3) is 0 Å². The second kappa shape index (κ2) is 7.38. The molecule has 0 atom stereocenters. The molecule has 0 unspecified atom stereocenters. The van der Waals surface area contributed by atoms with Gasteiger partial charge in [0.1, 0.15) is 11.4 Å². The molecule has 2 rings (SSSR count). The first-order valence-electron chi connectivity index (χ1n) is 6.82. The van der Waals surface area contributed by atoms with Gasteiger partial charge in [0.15, 0.2) is 23.3 Å². The summed E-state index contributed by atoms with van der Waals surface area (Å²) in [5, 5.41) is 0. The van der Waals surface area contributed by atoms with E-state index in [2.05, 4.69) is 9.47 Å². The first kappa shape index (κ1) is 19.2. The lowest BCUT2D eigenvalue weighted by Gasteiger charge is -2.24. The Kier molecular flexibility index (Phi) is 5.44. The number of nitrogens with zero attached hydrogens (tertiary/aromatic N) is 1. The van der Waals surface area contributed by atoms with Crippen LogP contribution in [-0.4, -0.2) is 26.2 Å². The second-order valence-electron chi connectivity index (χ2n) is 4.73. The molecule has 5 nitrogen and oxygen atoms in total. The Labute approximate surface area is 143 Å². The van der Waals surface area contributed by atoms with E-state index < -0.39 is 58.0 Å². The fourth-order valence-corrected chi connectivity index (χ4v) is 2.14. The summed E-state index contributed by atoms with van der Waals surface area (Å²) in [5.41, 5.74) is -2.77. The van der Waals surface area contributed by atoms with Crippen molar-refractivity contribution in [3.8, 4) is 0 Å². The van der Waals surface area contributed by atoms with Gasteiger partial charge in [0.2, 0.25) is 5.82 Å². The summed E-state index contributed by atoms with van der Waals surface area (Å²) in [6.45, 7) is 0. The lowest BCUT2D eigenvalue weighted by molar-refractivity contribution is -0.139. The van der Waals surface area contributed by atoms with E-state index in [0.717, 1.165) is 32.6 Å². The quantitative estimate of drug-likeness (QED) is 0.352. The number of rotatable bonds is 3. The van der Waals surface area contributed by atoms with Gasteiger partial charge in [0.05, 0.1) is 19.8 Å². The van der Waals surface area contributed by atoms with Gasteiger partial charge >= 0.3 is 11.9 Å². The Balaban J connectivity index is 2.87. The van der Waals surface area contributed by atoms with Crippen LogP contribution in [0, 0.1) is 29.1 Å². The number of anilines is 1. The van der Waals surface area contributed by atoms with Crippen molar-refractivity contribution in [2.24, 2.45) is 0 Å². The molecule has 138 valence electrons. The van der Waals surface area contributed by atoms with Crippen molar-refractivity contribution in [1.82, 2.24) is 0 Å². The molecule has 10 heteroatoms. The average molecular weight is 375 g/mol. The molecule has 1 aliphatic heterocycles. The van der Waals surface area contributed by atoms with E-state index in [1.54, 1.807) is 0 Å². The smallest absolute Gasteiger partial charge is 0.355 e. The monoisotopic (exact) mass is 375 g/mol. The van der Waals surface area contributed by atoms with Crippen LogP contribution in [0.4, 0.5) is 27.6 Å². The maximum Gasteiger partial charge on any atom is 0.355 e. The highest BCUT2D eigenvalue weighted by atomic mass is 19.2. The Bertz CT molecular complexity index is 847. The van der Waals surface area contributed by atoms with Crippen LogP contribution in [0.2, 0.25) is 0 Å². The topological polar surface area (TPSA) is 55.8 Å². The van der Waals surface area contributed by atoms with Crippen LogP contribution in [0.15, 0.2) is 35.7 Å². The predicted octanol–water partition coefficient (Wildman–Crippen LogP) is 2.87. The van der Waals surface area contributed by atoms with Gasteiger partial charge in [-0.05, 0) is 12.2 Å². The number of esters is 2. The van der Waals surface area contributed by atoms with Gasteiger partial charge in [-0.3, -0.25) is 0 Å². The molecule has 0 fully saturated rings. The van der Waals surface area contributed by atoms with Crippen LogP contribution in [0.5, 0.6) is 0 Å². The van der Waals surface area contributed by atoms with Crippen LogP contribution in [0.25, 0.3) is 0 Å². The molecule has 26 heavy (non-hydrogen) atoms. The minimum absolute atomic E-state index is 0.328. The van der Waals surface area contributed by atoms with E-state index in [1.165, 1.54) is 6.08 Å². The molecule has 0 spiro atoms. The zero-order chi connectivity index (χ0) is 19.6. The fourth-order valence-electron chi connectivity index (χ4n) is 2.14. The second-order valence-corrected chi connectivity index (χ2v) is 4.73. The molecule has 0 N–H and O–H groups in total. The number of carbonyl (C=O) groups is 2. The highest BCUT2D eigenvalue weighted by Crippen LogP contribution is 2.34. The largest absolute Gasteiger partial charge is 0.465 e. The standard InChI is InChI=1S/C16H10F5NO4/c1-25-15(23)7-5-3-4-6-22(13(7)16(24)26-2)14-11(20)9(18)8(17)10(19)12(14)21/h3-6H,1-2H3. The molecule has 1 aromatic rings. The summed E-state index contributed by atoms with van der Waals surface area (Å²) in [4.78, 5) is 24.3. The first-order chi connectivity index (χ1) is 12.3. The maximum absolute atomic E-state index is 14.2. The first-order valence-corrected chi connectivity index (χ1v) is 6.82. The van der Waals surface area contributed by atoms with Crippen LogP contribution in [0.1, 0.15) is 0 Å². The number of ether oxygens (including phenoxy) is 2. The van der Waals surface area contributed by atoms with E-state index in [4.69, 9.17) is 0 Å². The molecule has 0 radical (unpaired) electrons. The molecule has 1 aliphatic rings. The van der Waals surface area contributed by atoms with Gasteiger partial charge < -0.3 is 14.4 Å². The Morgan fingerprint density at radius 2 is 1.31 bits per heavy atom. The van der Waals surface area contributed by atoms with Gasteiger partial charge in [-0.25, -0.2) is 31.5 Å². The van der Waals surface area contributed by atoms with Gasteiger partial charge in [0, 0.05) is 6.20 Å². The number of benzene rings is 1. The Morgan fingerprint density at radius 1 is 0.808 bits per heavy atom. The highest BCUT2D eigenvalue weighted by Gasteiger charge is 2.34. The summed E-state index contributed by atoms with van der Waals surface area (Å²) in [5.74, 6) is -13.6. The summed E-state index contributed by atoms with van der Waals surface area (Å²) < 4.78 is 77.6. The number of hydrogen-bond acceptors (Lipinski definition) is 5. The van der Waals surface area contributed by atoms with Crippen LogP contribution in [-0.2, 0) is 19.1 Å². The van der Waals surface area contributed by atoms with Gasteiger partial charge in [-0.1, -0.05) is 6.08 Å². The predicted molar refractivity (Wildman–Crippen MR) is 78.0 cm³/mol. The number of hydrogen-bond donors (Lipinski definition) is 0. The van der Waals surface area contributed by atoms with Gasteiger partial charge in [-0.15, -0.1) is 0 Å². The van der Waals surface area contributed by atoms with E-state index in [0.29, 0.717) is 4.90 Å². The molecule has 1 heterocycles. The molecule has 0 saturated carbocycles. The number of allylic oxidation sites excluding steroid dienone is 2. The Hall–Kier alpha value is -3.17. The summed E-state index contributed by atoms with van der Waals surface area (Å²) >= 11 is 0. The molecular weight excluding hydrogens is 365 g/mol. The SMILES string of the molecule is COC(=O)C1=C(C(=O)OC)N(c2c(F)c(F)c(F)c(F)c2F)C=CC=C1. The Morgan fingerprint density at radius 3 is 1.81 bits per heavy atom. The molecule has 0 aromatic heterocycles. The van der Waals surface area contributed by atoms with E-state index in [1.807, 2.05) is 0 Å². The van der Waals surface area contributed by atoms with Gasteiger partial charge in [-0.2, -0.15) is 0 Å². The molecule has 0 saturated heterocycles. The van der Waals surface area contributed by atoms with Crippen LogP contribution < -0.4 is 4.90 Å². The summed E-state index contributed by atoms with van der Waals surface area (Å²) in [6, 6.07) is 0. The maximum atomic E-state index is 14.2. The van der Waals surface area contributed by atoms with Crippen molar-refractivity contribution in [2.75, 3.05) is 19.1 Å². The van der Waals surface area contributed by atoms with Crippen LogP contribution >= 0.6 is 0 Å². The normalized spacial score (nSPS) is 13.7. The summed E-state index contributed by atoms with van der Waals surface area (Å²) in [7, 11) is 1.87. The zero-order valence-electron chi connectivity index (χ0n) is 13.3. The lowest BCUT2D eigenvalue weighted by atomic mass is 10.1. The molecule has 1 aromatic carbocycles. The third kappa shape index (κ3) is 3.05. The van der Waals surface area contributed by atoms with Crippen molar-refractivity contribution in [2.45, 2.75) is 0 Å². The van der Waals surface area contributed by atoms with E-state index >= 15 is 0 Å². The fraction of sp³-hybridized carbons (Fsp3) is 0.125. The summed E-state index contributed by atoms with van der Waals surface area (Å²) in [6.07, 6.45) is 4.19. The van der Waals surface area contributed by atoms with E-state index in [-0.39, 0.29) is 0 Å². The third-order valence-electron chi connectivity index (χ3n) is 3.32. The van der Waals surface area contributed by atoms with Crippen molar-refractivity contribution >= 4 is 17.6 Å².